The van der Waals surface area contributed by atoms with Crippen LogP contribution in [0, 0.1) is 0 Å². The molecule has 2 heteroatoms. The zero-order valence-corrected chi connectivity index (χ0v) is 9.19. The summed E-state index contributed by atoms with van der Waals surface area (Å²) in [5.41, 5.74) is 0. The van der Waals surface area contributed by atoms with Crippen molar-refractivity contribution in [1.82, 2.24) is 0 Å². The second kappa shape index (κ2) is 8.06. The Morgan fingerprint density at radius 1 is 1.07 bits per heavy atom. The Morgan fingerprint density at radius 3 is 2.60 bits per heavy atom. The maximum Gasteiger partial charge on any atom is 0.119 e. The standard InChI is InChI=1S/C13H18O2/c1-2-3-7-10-14-11-12-15-13-8-5-4-6-9-13/h2-6,8-9H,7,10-12H2,1H3. The Morgan fingerprint density at radius 2 is 1.87 bits per heavy atom. The summed E-state index contributed by atoms with van der Waals surface area (Å²) in [5.74, 6) is 0.898. The molecule has 2 nitrogen and oxygen atoms in total. The first-order chi connectivity index (χ1) is 7.43. The molecule has 0 atom stereocenters. The van der Waals surface area contributed by atoms with Gasteiger partial charge in [0.25, 0.3) is 0 Å². The second-order valence-electron chi connectivity index (χ2n) is 3.13. The molecule has 0 amide bonds. The van der Waals surface area contributed by atoms with E-state index in [4.69, 9.17) is 9.47 Å². The van der Waals surface area contributed by atoms with Crippen molar-refractivity contribution < 1.29 is 9.47 Å². The van der Waals surface area contributed by atoms with E-state index < -0.39 is 0 Å². The smallest absolute Gasteiger partial charge is 0.119 e. The molecule has 0 heterocycles. The Labute approximate surface area is 91.5 Å². The third kappa shape index (κ3) is 5.92. The van der Waals surface area contributed by atoms with Gasteiger partial charge in [-0.05, 0) is 25.5 Å². The maximum atomic E-state index is 5.47. The van der Waals surface area contributed by atoms with E-state index in [-0.39, 0.29) is 0 Å². The molecule has 1 aromatic carbocycles. The highest BCUT2D eigenvalue weighted by atomic mass is 16.5. The average Bonchev–Trinajstić information content (AvgIpc) is 2.29. The van der Waals surface area contributed by atoms with E-state index >= 15 is 0 Å². The van der Waals surface area contributed by atoms with Gasteiger partial charge in [-0.25, -0.2) is 0 Å². The summed E-state index contributed by atoms with van der Waals surface area (Å²) in [5, 5.41) is 0. The number of benzene rings is 1. The highest BCUT2D eigenvalue weighted by Gasteiger charge is 1.91. The van der Waals surface area contributed by atoms with Gasteiger partial charge in [-0.3, -0.25) is 0 Å². The molecule has 0 fully saturated rings. The number of hydrogen-bond donors (Lipinski definition) is 0. The van der Waals surface area contributed by atoms with Crippen LogP contribution < -0.4 is 4.74 Å². The average molecular weight is 206 g/mol. The molecular formula is C13H18O2. The first kappa shape index (κ1) is 11.8. The molecule has 0 N–H and O–H groups in total. The van der Waals surface area contributed by atoms with Crippen LogP contribution in [0.15, 0.2) is 42.5 Å². The minimum absolute atomic E-state index is 0.611. The molecule has 0 saturated carbocycles. The van der Waals surface area contributed by atoms with E-state index in [1.807, 2.05) is 43.3 Å². The second-order valence-corrected chi connectivity index (χ2v) is 3.13. The number of hydrogen-bond acceptors (Lipinski definition) is 2. The van der Waals surface area contributed by atoms with Crippen LogP contribution in [0.4, 0.5) is 0 Å². The Hall–Kier alpha value is -1.28. The third-order valence-electron chi connectivity index (χ3n) is 1.90. The van der Waals surface area contributed by atoms with E-state index in [1.54, 1.807) is 0 Å². The van der Waals surface area contributed by atoms with Crippen molar-refractivity contribution in [1.29, 1.82) is 0 Å². The molecule has 15 heavy (non-hydrogen) atoms. The van der Waals surface area contributed by atoms with Crippen LogP contribution in [-0.4, -0.2) is 19.8 Å². The van der Waals surface area contributed by atoms with Crippen molar-refractivity contribution in [3.63, 3.8) is 0 Å². The molecule has 0 bridgehead atoms. The van der Waals surface area contributed by atoms with Gasteiger partial charge in [-0.2, -0.15) is 0 Å². The molecule has 82 valence electrons. The Bertz CT molecular complexity index is 267. The van der Waals surface area contributed by atoms with Gasteiger partial charge >= 0.3 is 0 Å². The fourth-order valence-electron chi connectivity index (χ4n) is 1.16. The Kier molecular flexibility index (Phi) is 6.34. The van der Waals surface area contributed by atoms with Crippen molar-refractivity contribution in [2.45, 2.75) is 13.3 Å². The molecule has 1 rings (SSSR count). The lowest BCUT2D eigenvalue weighted by Crippen LogP contribution is -2.07. The normalized spacial score (nSPS) is 10.7. The van der Waals surface area contributed by atoms with Crippen LogP contribution in [0.5, 0.6) is 5.75 Å². The van der Waals surface area contributed by atoms with Gasteiger partial charge in [0, 0.05) is 0 Å². The van der Waals surface area contributed by atoms with E-state index in [0.29, 0.717) is 13.2 Å². The van der Waals surface area contributed by atoms with Gasteiger partial charge in [0.05, 0.1) is 13.2 Å². The maximum absolute atomic E-state index is 5.47. The molecule has 0 radical (unpaired) electrons. The quantitative estimate of drug-likeness (QED) is 0.504. The van der Waals surface area contributed by atoms with Gasteiger partial charge in [-0.1, -0.05) is 30.4 Å². The van der Waals surface area contributed by atoms with Crippen LogP contribution in [0.3, 0.4) is 0 Å². The van der Waals surface area contributed by atoms with Crippen LogP contribution in [0.1, 0.15) is 13.3 Å². The molecule has 0 aliphatic carbocycles. The number of para-hydroxylation sites is 1. The highest BCUT2D eigenvalue weighted by Crippen LogP contribution is 2.07. The molecule has 0 aliphatic heterocycles. The lowest BCUT2D eigenvalue weighted by Gasteiger charge is -2.05. The largest absolute Gasteiger partial charge is 0.491 e. The number of allylic oxidation sites excluding steroid dienone is 1. The van der Waals surface area contributed by atoms with Crippen molar-refractivity contribution in [2.75, 3.05) is 19.8 Å². The Balaban J connectivity index is 1.98. The van der Waals surface area contributed by atoms with Crippen LogP contribution >= 0.6 is 0 Å². The van der Waals surface area contributed by atoms with Gasteiger partial charge in [-0.15, -0.1) is 0 Å². The van der Waals surface area contributed by atoms with Gasteiger partial charge in [0.1, 0.15) is 12.4 Å². The predicted molar refractivity (Wildman–Crippen MR) is 62.2 cm³/mol. The van der Waals surface area contributed by atoms with Crippen LogP contribution in [-0.2, 0) is 4.74 Å². The van der Waals surface area contributed by atoms with Gasteiger partial charge < -0.3 is 9.47 Å². The molecule has 0 unspecified atom stereocenters. The fourth-order valence-corrected chi connectivity index (χ4v) is 1.16. The highest BCUT2D eigenvalue weighted by molar-refractivity contribution is 5.20. The molecule has 0 spiro atoms. The van der Waals surface area contributed by atoms with Gasteiger partial charge in [0.2, 0.25) is 0 Å². The lowest BCUT2D eigenvalue weighted by molar-refractivity contribution is 0.103. The molecule has 0 aromatic heterocycles. The van der Waals surface area contributed by atoms with E-state index in [2.05, 4.69) is 6.08 Å². The molecule has 1 aromatic rings. The summed E-state index contributed by atoms with van der Waals surface area (Å²) in [6, 6.07) is 9.78. The predicted octanol–water partition coefficient (Wildman–Crippen LogP) is 3.05. The zero-order valence-electron chi connectivity index (χ0n) is 9.19. The van der Waals surface area contributed by atoms with E-state index in [1.165, 1.54) is 0 Å². The van der Waals surface area contributed by atoms with E-state index in [9.17, 15) is 0 Å². The molecule has 0 saturated heterocycles. The topological polar surface area (TPSA) is 18.5 Å². The number of ether oxygens (including phenoxy) is 2. The summed E-state index contributed by atoms with van der Waals surface area (Å²) in [6.45, 7) is 4.04. The summed E-state index contributed by atoms with van der Waals surface area (Å²) in [6.07, 6.45) is 5.10. The summed E-state index contributed by atoms with van der Waals surface area (Å²) < 4.78 is 10.9. The fraction of sp³-hybridized carbons (Fsp3) is 0.385. The lowest BCUT2D eigenvalue weighted by atomic mass is 10.3. The van der Waals surface area contributed by atoms with Crippen LogP contribution in [0.25, 0.3) is 0 Å². The minimum Gasteiger partial charge on any atom is -0.491 e. The summed E-state index contributed by atoms with van der Waals surface area (Å²) in [4.78, 5) is 0. The molecular weight excluding hydrogens is 188 g/mol. The van der Waals surface area contributed by atoms with Crippen LogP contribution in [0.2, 0.25) is 0 Å². The van der Waals surface area contributed by atoms with E-state index in [0.717, 1.165) is 18.8 Å². The SMILES string of the molecule is CC=CCCOCCOc1ccccc1. The molecule has 0 aliphatic rings. The van der Waals surface area contributed by atoms with Crippen molar-refractivity contribution >= 4 is 0 Å². The van der Waals surface area contributed by atoms with Crippen molar-refractivity contribution in [3.8, 4) is 5.75 Å². The minimum atomic E-state index is 0.611. The monoisotopic (exact) mass is 206 g/mol. The first-order valence-corrected chi connectivity index (χ1v) is 5.30. The van der Waals surface area contributed by atoms with Crippen molar-refractivity contribution in [2.24, 2.45) is 0 Å². The number of rotatable bonds is 7. The first-order valence-electron chi connectivity index (χ1n) is 5.30. The third-order valence-corrected chi connectivity index (χ3v) is 1.90. The summed E-state index contributed by atoms with van der Waals surface area (Å²) >= 11 is 0. The zero-order chi connectivity index (χ0) is 10.8. The van der Waals surface area contributed by atoms with Gasteiger partial charge in [0.15, 0.2) is 0 Å². The summed E-state index contributed by atoms with van der Waals surface area (Å²) in [7, 11) is 0. The van der Waals surface area contributed by atoms with Crippen molar-refractivity contribution in [3.05, 3.63) is 42.5 Å².